The molecule has 1 amide bonds. The average molecular weight is 292 g/mol. The summed E-state index contributed by atoms with van der Waals surface area (Å²) in [6, 6.07) is 9.15. The number of amides is 1. The first kappa shape index (κ1) is 16.4. The largest absolute Gasteiger partial charge is 1.00 e. The van der Waals surface area contributed by atoms with E-state index in [1.54, 1.807) is 17.7 Å². The number of hydrogen-bond acceptors (Lipinski definition) is 2. The predicted molar refractivity (Wildman–Crippen MR) is 68.4 cm³/mol. The van der Waals surface area contributed by atoms with Gasteiger partial charge in [-0.05, 0) is 12.1 Å². The topological polar surface area (TPSA) is 91.6 Å². The molecule has 1 aromatic heterocycles. The molecule has 0 spiro atoms. The van der Waals surface area contributed by atoms with E-state index in [4.69, 9.17) is 9.79 Å². The zero-order valence-corrected chi connectivity index (χ0v) is 13.6. The number of hydrogen-bond donors (Lipinski definition) is 3. The number of benzene rings is 1. The summed E-state index contributed by atoms with van der Waals surface area (Å²) in [6.45, 7) is 0. The van der Waals surface area contributed by atoms with Crippen LogP contribution in [0.1, 0.15) is 11.9 Å². The maximum absolute atomic E-state index is 11.8. The number of nitrogens with one attached hydrogen (secondary N) is 1. The zero-order chi connectivity index (χ0) is 13.3. The van der Waals surface area contributed by atoms with Crippen molar-refractivity contribution in [2.24, 2.45) is 7.05 Å². The van der Waals surface area contributed by atoms with Crippen LogP contribution in [0, 0.1) is 0 Å². The maximum atomic E-state index is 11.8. The fourth-order valence-corrected chi connectivity index (χ4v) is 2.12. The Morgan fingerprint density at radius 2 is 2.05 bits per heavy atom. The summed E-state index contributed by atoms with van der Waals surface area (Å²) in [5.74, 6) is -0.503. The summed E-state index contributed by atoms with van der Waals surface area (Å²) in [5, 5.41) is 3.12. The third-order valence-electron chi connectivity index (χ3n) is 2.63. The summed E-state index contributed by atoms with van der Waals surface area (Å²) in [4.78, 5) is 29.2. The van der Waals surface area contributed by atoms with Crippen molar-refractivity contribution in [3.05, 3.63) is 36.0 Å². The Hall–Kier alpha value is -0.620. The molecule has 0 unspecified atom stereocenters. The second kappa shape index (κ2) is 6.22. The number of carbonyl (C=O) groups excluding carboxylic acids is 1. The maximum Gasteiger partial charge on any atom is 1.00 e. The fourth-order valence-electron chi connectivity index (χ4n) is 1.77. The number of fused-ring (bicyclic) bond motifs is 1. The quantitative estimate of drug-likeness (QED) is 0.458. The molecule has 2 aromatic rings. The van der Waals surface area contributed by atoms with Gasteiger partial charge in [0.1, 0.15) is 12.0 Å². The van der Waals surface area contributed by atoms with Crippen molar-refractivity contribution in [2.45, 2.75) is 0 Å². The molecule has 0 atom stereocenters. The van der Waals surface area contributed by atoms with E-state index in [0.29, 0.717) is 5.69 Å². The van der Waals surface area contributed by atoms with Crippen molar-refractivity contribution in [2.75, 3.05) is 6.29 Å². The third kappa shape index (κ3) is 3.92. The molecule has 19 heavy (non-hydrogen) atoms. The van der Waals surface area contributed by atoms with Gasteiger partial charge in [0.05, 0.1) is 0 Å². The molecule has 6 nitrogen and oxygen atoms in total. The third-order valence-corrected chi connectivity index (χ3v) is 3.20. The number of nitrogens with zero attached hydrogens (tertiary/aromatic N) is 1. The van der Waals surface area contributed by atoms with E-state index in [0.717, 1.165) is 10.9 Å². The molecule has 1 heterocycles. The van der Waals surface area contributed by atoms with Gasteiger partial charge in [0.15, 0.2) is 0 Å². The van der Waals surface area contributed by atoms with Crippen molar-refractivity contribution in [3.63, 3.8) is 0 Å². The van der Waals surface area contributed by atoms with Gasteiger partial charge in [-0.15, -0.1) is 0 Å². The average Bonchev–Trinajstić information content (AvgIpc) is 2.64. The van der Waals surface area contributed by atoms with Crippen LogP contribution in [0.2, 0.25) is 0 Å². The van der Waals surface area contributed by atoms with Gasteiger partial charge in [-0.25, -0.2) is 0 Å². The van der Waals surface area contributed by atoms with Crippen LogP contribution in [-0.2, 0) is 11.6 Å². The number of carbonyl (C=O) groups is 1. The summed E-state index contributed by atoms with van der Waals surface area (Å²) in [6.07, 6.45) is -0.659. The summed E-state index contributed by atoms with van der Waals surface area (Å²) in [7, 11) is -2.50. The Kier molecular flexibility index (Phi) is 5.38. The van der Waals surface area contributed by atoms with E-state index in [2.05, 4.69) is 5.32 Å². The Bertz CT molecular complexity index is 655. The van der Waals surface area contributed by atoms with E-state index in [1.165, 1.54) is 0 Å². The molecule has 0 saturated carbocycles. The van der Waals surface area contributed by atoms with Crippen LogP contribution in [0.3, 0.4) is 0 Å². The van der Waals surface area contributed by atoms with Crippen LogP contribution in [0.5, 0.6) is 0 Å². The Morgan fingerprint density at radius 1 is 1.42 bits per heavy atom. The van der Waals surface area contributed by atoms with Gasteiger partial charge in [0, 0.05) is 18.0 Å². The normalized spacial score (nSPS) is 11.1. The van der Waals surface area contributed by atoms with E-state index in [1.807, 2.05) is 24.3 Å². The monoisotopic (exact) mass is 292 g/mol. The van der Waals surface area contributed by atoms with Crippen LogP contribution in [0.15, 0.2) is 30.3 Å². The second-order valence-corrected chi connectivity index (χ2v) is 5.62. The Labute approximate surface area is 133 Å². The summed E-state index contributed by atoms with van der Waals surface area (Å²) in [5.41, 5.74) is 1.25. The van der Waals surface area contributed by atoms with Crippen LogP contribution >= 0.6 is 7.60 Å². The van der Waals surface area contributed by atoms with Gasteiger partial charge in [-0.2, -0.15) is 0 Å². The van der Waals surface area contributed by atoms with Crippen LogP contribution < -0.4 is 34.9 Å². The minimum atomic E-state index is -4.23. The molecule has 0 radical (unpaired) electrons. The fraction of sp³-hybridized carbons (Fsp3) is 0.182. The zero-order valence-electron chi connectivity index (χ0n) is 11.7. The number of rotatable bonds is 3. The first-order valence-electron chi connectivity index (χ1n) is 5.26. The van der Waals surface area contributed by atoms with Crippen molar-refractivity contribution in [1.82, 2.24) is 9.88 Å². The van der Waals surface area contributed by atoms with Gasteiger partial charge < -0.3 is 21.1 Å². The van der Waals surface area contributed by atoms with E-state index in [9.17, 15) is 9.36 Å². The number of aryl methyl sites for hydroxylation is 1. The number of para-hydroxylation sites is 1. The molecule has 2 rings (SSSR count). The van der Waals surface area contributed by atoms with Crippen molar-refractivity contribution in [1.29, 1.82) is 0 Å². The Morgan fingerprint density at radius 3 is 2.63 bits per heavy atom. The molecule has 0 bridgehead atoms. The van der Waals surface area contributed by atoms with Crippen LogP contribution in [0.4, 0.5) is 0 Å². The molecule has 1 aromatic carbocycles. The first-order chi connectivity index (χ1) is 8.38. The smallest absolute Gasteiger partial charge is 1.00 e. The molecule has 3 N–H and O–H groups in total. The standard InChI is InChI=1S/C11H13N2O4P.Na.H/c1-13-9-5-3-2-4-8(9)6-10(13)11(14)12-7-18(15,16)17;;/h2-6H,7H2,1H3,(H,12,14)(H2,15,16,17);;/q;+1;-1. The van der Waals surface area contributed by atoms with Gasteiger partial charge >= 0.3 is 37.2 Å². The molecule has 0 fully saturated rings. The molecule has 8 heteroatoms. The van der Waals surface area contributed by atoms with Crippen LogP contribution in [-0.4, -0.2) is 26.5 Å². The SMILES string of the molecule is Cn1c(C(=O)NCP(=O)(O)O)cc2ccccc21.[H-].[Na+]. The second-order valence-electron chi connectivity index (χ2n) is 3.98. The predicted octanol–water partition coefficient (Wildman–Crippen LogP) is -1.84. The van der Waals surface area contributed by atoms with Gasteiger partial charge in [0.2, 0.25) is 0 Å². The van der Waals surface area contributed by atoms with Gasteiger partial charge in [-0.1, -0.05) is 18.2 Å². The van der Waals surface area contributed by atoms with Crippen molar-refractivity contribution < 1.29 is 50.1 Å². The van der Waals surface area contributed by atoms with Crippen molar-refractivity contribution >= 4 is 24.4 Å². The first-order valence-corrected chi connectivity index (χ1v) is 7.05. The van der Waals surface area contributed by atoms with Gasteiger partial charge in [0.25, 0.3) is 5.91 Å². The summed E-state index contributed by atoms with van der Waals surface area (Å²) >= 11 is 0. The molecule has 0 aliphatic rings. The van der Waals surface area contributed by atoms with Gasteiger partial charge in [-0.3, -0.25) is 9.36 Å². The van der Waals surface area contributed by atoms with Crippen LogP contribution in [0.25, 0.3) is 10.9 Å². The Balaban J connectivity index is 0.00000180. The van der Waals surface area contributed by atoms with E-state index < -0.39 is 19.8 Å². The molecule has 0 aliphatic carbocycles. The molecular weight excluding hydrogens is 278 g/mol. The summed E-state index contributed by atoms with van der Waals surface area (Å²) < 4.78 is 12.4. The van der Waals surface area contributed by atoms with E-state index in [-0.39, 0.29) is 31.0 Å². The minimum absolute atomic E-state index is 0. The molecule has 98 valence electrons. The minimum Gasteiger partial charge on any atom is -1.00 e. The molecular formula is C11H14N2NaO4P. The van der Waals surface area contributed by atoms with E-state index >= 15 is 0 Å². The number of aromatic nitrogens is 1. The molecule has 0 aliphatic heterocycles. The van der Waals surface area contributed by atoms with Crippen molar-refractivity contribution in [3.8, 4) is 0 Å². The molecule has 0 saturated heterocycles.